The third kappa shape index (κ3) is 5.59. The number of hydrogen-bond acceptors (Lipinski definition) is 6. The number of imidazole rings is 1. The molecule has 1 amide bonds. The van der Waals surface area contributed by atoms with Crippen molar-refractivity contribution in [2.24, 2.45) is 12.8 Å². The Labute approximate surface area is 176 Å². The van der Waals surface area contributed by atoms with E-state index in [1.807, 2.05) is 17.8 Å². The molecule has 0 radical (unpaired) electrons. The summed E-state index contributed by atoms with van der Waals surface area (Å²) in [6.45, 7) is 5.75. The molecule has 1 unspecified atom stereocenters. The molecule has 2 aromatic rings. The number of rotatable bonds is 9. The first-order valence-electron chi connectivity index (χ1n) is 9.93. The van der Waals surface area contributed by atoms with Crippen LogP contribution in [0.5, 0.6) is 0 Å². The Bertz CT molecular complexity index is 725. The van der Waals surface area contributed by atoms with Crippen molar-refractivity contribution in [3.63, 3.8) is 0 Å². The van der Waals surface area contributed by atoms with Crippen molar-refractivity contribution in [3.05, 3.63) is 34.8 Å². The van der Waals surface area contributed by atoms with Crippen LogP contribution >= 0.6 is 23.1 Å². The highest BCUT2D eigenvalue weighted by Gasteiger charge is 2.29. The number of thioether (sulfide) groups is 1. The number of carbonyl (C=O) groups is 1. The second kappa shape index (κ2) is 10.4. The highest BCUT2D eigenvalue weighted by molar-refractivity contribution is 7.99. The van der Waals surface area contributed by atoms with E-state index in [4.69, 9.17) is 5.73 Å². The summed E-state index contributed by atoms with van der Waals surface area (Å²) in [5.74, 6) is 0.631. The Hall–Kier alpha value is -1.35. The fourth-order valence-corrected chi connectivity index (χ4v) is 5.24. The Morgan fingerprint density at radius 2 is 2.25 bits per heavy atom. The van der Waals surface area contributed by atoms with E-state index in [9.17, 15) is 4.79 Å². The van der Waals surface area contributed by atoms with E-state index in [1.165, 1.54) is 17.3 Å². The quantitative estimate of drug-likeness (QED) is 0.631. The highest BCUT2D eigenvalue weighted by atomic mass is 32.2. The number of aromatic nitrogens is 2. The van der Waals surface area contributed by atoms with Crippen molar-refractivity contribution < 1.29 is 4.79 Å². The number of likely N-dealkylation sites (tertiary alicyclic amines) is 1. The molecule has 28 heavy (non-hydrogen) atoms. The second-order valence-electron chi connectivity index (χ2n) is 7.46. The van der Waals surface area contributed by atoms with Crippen molar-refractivity contribution in [2.45, 2.75) is 50.0 Å². The molecular formula is C20H31N5OS2. The molecule has 1 saturated heterocycles. The minimum Gasteiger partial charge on any atom is -0.335 e. The largest absolute Gasteiger partial charge is 0.335 e. The molecule has 1 aliphatic heterocycles. The number of aryl methyl sites for hydroxylation is 1. The van der Waals surface area contributed by atoms with E-state index < -0.39 is 0 Å². The van der Waals surface area contributed by atoms with Crippen molar-refractivity contribution in [1.82, 2.24) is 19.4 Å². The number of amides is 1. The number of hydrogen-bond donors (Lipinski definition) is 1. The van der Waals surface area contributed by atoms with Crippen LogP contribution in [0.1, 0.15) is 31.7 Å². The van der Waals surface area contributed by atoms with Crippen molar-refractivity contribution in [1.29, 1.82) is 0 Å². The monoisotopic (exact) mass is 421 g/mol. The fraction of sp³-hybridized carbons (Fsp3) is 0.600. The fourth-order valence-electron chi connectivity index (χ4n) is 3.76. The van der Waals surface area contributed by atoms with Gasteiger partial charge in [0.25, 0.3) is 0 Å². The zero-order valence-corrected chi connectivity index (χ0v) is 18.4. The van der Waals surface area contributed by atoms with Crippen LogP contribution in [0.3, 0.4) is 0 Å². The predicted octanol–water partition coefficient (Wildman–Crippen LogP) is 2.80. The van der Waals surface area contributed by atoms with E-state index in [0.717, 1.165) is 44.1 Å². The minimum atomic E-state index is 0.202. The van der Waals surface area contributed by atoms with Crippen LogP contribution in [0.25, 0.3) is 0 Å². The van der Waals surface area contributed by atoms with Gasteiger partial charge < -0.3 is 20.1 Å². The Morgan fingerprint density at radius 1 is 1.46 bits per heavy atom. The van der Waals surface area contributed by atoms with Crippen LogP contribution in [0.15, 0.2) is 34.4 Å². The van der Waals surface area contributed by atoms with Crippen molar-refractivity contribution in [3.8, 4) is 0 Å². The maximum Gasteiger partial charge on any atom is 0.233 e. The minimum absolute atomic E-state index is 0.202. The van der Waals surface area contributed by atoms with Gasteiger partial charge in [0, 0.05) is 51.2 Å². The topological polar surface area (TPSA) is 67.4 Å². The first-order chi connectivity index (χ1) is 13.6. The average Bonchev–Trinajstić information content (AvgIpc) is 3.36. The molecule has 1 aliphatic rings. The summed E-state index contributed by atoms with van der Waals surface area (Å²) < 4.78 is 1.96. The van der Waals surface area contributed by atoms with Gasteiger partial charge in [-0.2, -0.15) is 11.3 Å². The second-order valence-corrected chi connectivity index (χ2v) is 9.18. The molecule has 1 atom stereocenters. The maximum atomic E-state index is 13.1. The predicted molar refractivity (Wildman–Crippen MR) is 117 cm³/mol. The van der Waals surface area contributed by atoms with E-state index in [1.54, 1.807) is 17.5 Å². The lowest BCUT2D eigenvalue weighted by Crippen LogP contribution is -2.49. The molecule has 2 N–H and O–H groups in total. The molecule has 2 aromatic heterocycles. The lowest BCUT2D eigenvalue weighted by Gasteiger charge is -2.40. The SMILES string of the molecule is CC(CCN)N1CCC(N(Cc2ccsc2)C(=O)CSc2nccn2C)CC1. The molecule has 0 aliphatic carbocycles. The average molecular weight is 422 g/mol. The Balaban J connectivity index is 1.62. The standard InChI is InChI=1S/C20H31N5OS2/c1-16(3-7-21)24-9-4-18(5-10-24)25(13-17-6-12-27-14-17)19(26)15-28-20-22-8-11-23(20)2/h6,8,11-12,14,16,18H,3-5,7,9-10,13,15,21H2,1-2H3. The van der Waals surface area contributed by atoms with Gasteiger partial charge in [0.1, 0.15) is 0 Å². The molecule has 0 saturated carbocycles. The van der Waals surface area contributed by atoms with E-state index >= 15 is 0 Å². The Morgan fingerprint density at radius 3 is 2.86 bits per heavy atom. The van der Waals surface area contributed by atoms with Crippen LogP contribution in [-0.2, 0) is 18.4 Å². The highest BCUT2D eigenvalue weighted by Crippen LogP contribution is 2.24. The zero-order valence-electron chi connectivity index (χ0n) is 16.8. The number of carbonyl (C=O) groups excluding carboxylic acids is 1. The van der Waals surface area contributed by atoms with E-state index in [-0.39, 0.29) is 5.91 Å². The molecule has 6 nitrogen and oxygen atoms in total. The normalized spacial score (nSPS) is 17.0. The van der Waals surface area contributed by atoms with Gasteiger partial charge in [-0.05, 0) is 55.1 Å². The number of nitrogens with zero attached hydrogens (tertiary/aromatic N) is 4. The third-order valence-corrected chi connectivity index (χ3v) is 7.28. The molecule has 3 heterocycles. The maximum absolute atomic E-state index is 13.1. The van der Waals surface area contributed by atoms with Gasteiger partial charge in [0.05, 0.1) is 5.75 Å². The van der Waals surface area contributed by atoms with Crippen LogP contribution in [0.2, 0.25) is 0 Å². The van der Waals surface area contributed by atoms with Gasteiger partial charge in [-0.3, -0.25) is 4.79 Å². The summed E-state index contributed by atoms with van der Waals surface area (Å²) in [5, 5.41) is 5.11. The van der Waals surface area contributed by atoms with Crippen molar-refractivity contribution >= 4 is 29.0 Å². The third-order valence-electron chi connectivity index (χ3n) is 5.50. The van der Waals surface area contributed by atoms with Crippen LogP contribution < -0.4 is 5.73 Å². The lowest BCUT2D eigenvalue weighted by atomic mass is 10.00. The van der Waals surface area contributed by atoms with E-state index in [0.29, 0.717) is 24.4 Å². The first-order valence-corrected chi connectivity index (χ1v) is 11.9. The van der Waals surface area contributed by atoms with Gasteiger partial charge in [-0.15, -0.1) is 0 Å². The molecule has 0 aromatic carbocycles. The summed E-state index contributed by atoms with van der Waals surface area (Å²) in [6.07, 6.45) is 6.76. The van der Waals surface area contributed by atoms with Crippen LogP contribution in [0.4, 0.5) is 0 Å². The summed E-state index contributed by atoms with van der Waals surface area (Å²) in [4.78, 5) is 22.1. The van der Waals surface area contributed by atoms with Crippen LogP contribution in [-0.4, -0.2) is 62.7 Å². The van der Waals surface area contributed by atoms with Gasteiger partial charge in [0.2, 0.25) is 5.91 Å². The van der Waals surface area contributed by atoms with E-state index in [2.05, 4.69) is 38.5 Å². The number of nitrogens with two attached hydrogens (primary N) is 1. The molecule has 0 spiro atoms. The summed E-state index contributed by atoms with van der Waals surface area (Å²) in [6, 6.07) is 2.94. The zero-order chi connectivity index (χ0) is 19.9. The number of piperidine rings is 1. The van der Waals surface area contributed by atoms with Gasteiger partial charge in [-0.25, -0.2) is 4.98 Å². The lowest BCUT2D eigenvalue weighted by molar-refractivity contribution is -0.132. The summed E-state index contributed by atoms with van der Waals surface area (Å²) in [5.41, 5.74) is 6.95. The summed E-state index contributed by atoms with van der Waals surface area (Å²) >= 11 is 3.20. The van der Waals surface area contributed by atoms with Gasteiger partial charge in [-0.1, -0.05) is 11.8 Å². The molecule has 1 fully saturated rings. The van der Waals surface area contributed by atoms with Crippen molar-refractivity contribution in [2.75, 3.05) is 25.4 Å². The molecule has 0 bridgehead atoms. The molecular weight excluding hydrogens is 390 g/mol. The Kier molecular flexibility index (Phi) is 7.96. The smallest absolute Gasteiger partial charge is 0.233 e. The summed E-state index contributed by atoms with van der Waals surface area (Å²) in [7, 11) is 1.96. The van der Waals surface area contributed by atoms with Gasteiger partial charge in [0.15, 0.2) is 5.16 Å². The molecule has 3 rings (SSSR count). The first kappa shape index (κ1) is 21.4. The molecule has 154 valence electrons. The van der Waals surface area contributed by atoms with Crippen LogP contribution in [0, 0.1) is 0 Å². The molecule has 8 heteroatoms. The number of thiophene rings is 1. The van der Waals surface area contributed by atoms with Gasteiger partial charge >= 0.3 is 0 Å².